The van der Waals surface area contributed by atoms with E-state index in [1.807, 2.05) is 6.92 Å². The highest BCUT2D eigenvalue weighted by Crippen LogP contribution is 2.24. The van der Waals surface area contributed by atoms with E-state index in [0.29, 0.717) is 18.2 Å². The van der Waals surface area contributed by atoms with Gasteiger partial charge in [0.15, 0.2) is 0 Å². The average molecular weight is 237 g/mol. The van der Waals surface area contributed by atoms with Crippen molar-refractivity contribution in [3.05, 3.63) is 17.5 Å². The molecule has 1 aromatic heterocycles. The molecular weight excluding hydrogens is 218 g/mol. The molecule has 1 saturated carbocycles. The van der Waals surface area contributed by atoms with Gasteiger partial charge in [-0.1, -0.05) is 18.0 Å². The van der Waals surface area contributed by atoms with Gasteiger partial charge in [0.25, 0.3) is 5.91 Å². The summed E-state index contributed by atoms with van der Waals surface area (Å²) in [6.07, 6.45) is 6.00. The molecule has 1 aliphatic carbocycles. The van der Waals surface area contributed by atoms with Gasteiger partial charge in [-0.2, -0.15) is 0 Å². The average Bonchev–Trinajstić information content (AvgIpc) is 2.76. The lowest BCUT2D eigenvalue weighted by Gasteiger charge is -2.30. The van der Waals surface area contributed by atoms with Gasteiger partial charge in [0, 0.05) is 11.6 Å². The minimum Gasteiger partial charge on any atom is -0.351 e. The number of hydrogen-bond donors (Lipinski definition) is 2. The Labute approximate surface area is 101 Å². The van der Waals surface area contributed by atoms with Gasteiger partial charge in [0.05, 0.1) is 6.20 Å². The Morgan fingerprint density at radius 3 is 3.00 bits per heavy atom. The Balaban J connectivity index is 2.00. The van der Waals surface area contributed by atoms with Gasteiger partial charge in [-0.3, -0.25) is 4.79 Å². The molecule has 0 aliphatic heterocycles. The third-order valence-electron chi connectivity index (χ3n) is 3.48. The molecule has 2 atom stereocenters. The van der Waals surface area contributed by atoms with E-state index >= 15 is 0 Å². The van der Waals surface area contributed by atoms with E-state index in [9.17, 15) is 4.79 Å². The van der Waals surface area contributed by atoms with Crippen LogP contribution in [0.4, 0.5) is 0 Å². The topological polar surface area (TPSA) is 81.2 Å². The molecule has 1 amide bonds. The minimum atomic E-state index is -0.176. The molecule has 1 fully saturated rings. The quantitative estimate of drug-likeness (QED) is 0.828. The van der Waals surface area contributed by atoms with Crippen molar-refractivity contribution in [3.63, 3.8) is 0 Å². The van der Waals surface area contributed by atoms with Crippen LogP contribution in [0, 0.1) is 12.8 Å². The van der Waals surface area contributed by atoms with Crippen molar-refractivity contribution < 1.29 is 9.32 Å². The van der Waals surface area contributed by atoms with Crippen LogP contribution in [0.3, 0.4) is 0 Å². The maximum Gasteiger partial charge on any atom is 0.290 e. The van der Waals surface area contributed by atoms with Crippen molar-refractivity contribution in [3.8, 4) is 0 Å². The molecule has 5 heteroatoms. The Kier molecular flexibility index (Phi) is 3.78. The predicted molar refractivity (Wildman–Crippen MR) is 63.5 cm³/mol. The van der Waals surface area contributed by atoms with E-state index in [1.165, 1.54) is 6.42 Å². The van der Waals surface area contributed by atoms with Crippen LogP contribution in [0.2, 0.25) is 0 Å². The first-order valence-corrected chi connectivity index (χ1v) is 6.14. The zero-order valence-corrected chi connectivity index (χ0v) is 10.1. The largest absolute Gasteiger partial charge is 0.351 e. The Morgan fingerprint density at radius 2 is 2.35 bits per heavy atom. The summed E-state index contributed by atoms with van der Waals surface area (Å²) >= 11 is 0. The second kappa shape index (κ2) is 5.31. The first-order chi connectivity index (χ1) is 8.22. The van der Waals surface area contributed by atoms with Gasteiger partial charge in [0.2, 0.25) is 5.76 Å². The van der Waals surface area contributed by atoms with Gasteiger partial charge in [-0.15, -0.1) is 0 Å². The lowest BCUT2D eigenvalue weighted by atomic mass is 9.84. The van der Waals surface area contributed by atoms with Crippen molar-refractivity contribution in [2.24, 2.45) is 11.7 Å². The molecule has 0 bridgehead atoms. The van der Waals surface area contributed by atoms with E-state index in [4.69, 9.17) is 10.3 Å². The smallest absolute Gasteiger partial charge is 0.290 e. The number of aromatic nitrogens is 1. The number of nitrogens with zero attached hydrogens (tertiary/aromatic N) is 1. The summed E-state index contributed by atoms with van der Waals surface area (Å²) in [6.45, 7) is 2.44. The van der Waals surface area contributed by atoms with Crippen molar-refractivity contribution in [1.29, 1.82) is 0 Å². The number of rotatable bonds is 3. The second-order valence-electron chi connectivity index (χ2n) is 4.70. The van der Waals surface area contributed by atoms with E-state index in [2.05, 4.69) is 10.5 Å². The second-order valence-corrected chi connectivity index (χ2v) is 4.70. The van der Waals surface area contributed by atoms with E-state index in [1.54, 1.807) is 6.20 Å². The molecule has 17 heavy (non-hydrogen) atoms. The molecule has 2 rings (SSSR count). The zero-order valence-electron chi connectivity index (χ0n) is 10.1. The molecule has 0 aromatic carbocycles. The summed E-state index contributed by atoms with van der Waals surface area (Å²) in [5.74, 6) is 0.521. The molecule has 1 aromatic rings. The summed E-state index contributed by atoms with van der Waals surface area (Å²) in [7, 11) is 0. The highest BCUT2D eigenvalue weighted by molar-refractivity contribution is 5.92. The van der Waals surface area contributed by atoms with Crippen molar-refractivity contribution in [2.45, 2.75) is 38.6 Å². The molecule has 94 valence electrons. The first kappa shape index (κ1) is 12.1. The molecule has 2 unspecified atom stereocenters. The summed E-state index contributed by atoms with van der Waals surface area (Å²) in [5.41, 5.74) is 6.50. The maximum atomic E-state index is 12.0. The van der Waals surface area contributed by atoms with E-state index in [-0.39, 0.29) is 11.9 Å². The fourth-order valence-electron chi connectivity index (χ4n) is 2.42. The summed E-state index contributed by atoms with van der Waals surface area (Å²) in [4.78, 5) is 12.0. The lowest BCUT2D eigenvalue weighted by molar-refractivity contribution is 0.0869. The summed E-state index contributed by atoms with van der Waals surface area (Å²) < 4.78 is 4.94. The molecule has 1 aliphatic rings. The molecule has 5 nitrogen and oxygen atoms in total. The molecular formula is C12H19N3O2. The van der Waals surface area contributed by atoms with Crippen LogP contribution in [0.5, 0.6) is 0 Å². The minimum absolute atomic E-state index is 0.172. The first-order valence-electron chi connectivity index (χ1n) is 6.14. The van der Waals surface area contributed by atoms with Crippen LogP contribution in [0.1, 0.15) is 41.8 Å². The predicted octanol–water partition coefficient (Wildman–Crippen LogP) is 1.23. The number of hydrogen-bond acceptors (Lipinski definition) is 4. The van der Waals surface area contributed by atoms with Gasteiger partial charge in [0.1, 0.15) is 0 Å². The van der Waals surface area contributed by atoms with Crippen LogP contribution in [0.15, 0.2) is 10.7 Å². The number of nitrogens with two attached hydrogens (primary N) is 1. The normalized spacial score (nSPS) is 24.6. The maximum absolute atomic E-state index is 12.0. The van der Waals surface area contributed by atoms with E-state index in [0.717, 1.165) is 24.8 Å². The number of carbonyl (C=O) groups excluding carboxylic acids is 1. The van der Waals surface area contributed by atoms with Crippen LogP contribution in [-0.4, -0.2) is 23.7 Å². The van der Waals surface area contributed by atoms with Crippen molar-refractivity contribution in [2.75, 3.05) is 6.54 Å². The standard InChI is InChI=1S/C12H19N3O2/c1-8-7-14-17-11(8)12(16)15-10-5-3-2-4-9(10)6-13/h7,9-10H,2-6,13H2,1H3,(H,15,16). The van der Waals surface area contributed by atoms with Gasteiger partial charge < -0.3 is 15.6 Å². The summed E-state index contributed by atoms with van der Waals surface area (Å²) in [5, 5.41) is 6.62. The van der Waals surface area contributed by atoms with Crippen molar-refractivity contribution >= 4 is 5.91 Å². The number of nitrogens with one attached hydrogen (secondary N) is 1. The Morgan fingerprint density at radius 1 is 1.59 bits per heavy atom. The zero-order chi connectivity index (χ0) is 12.3. The fraction of sp³-hybridized carbons (Fsp3) is 0.667. The Hall–Kier alpha value is -1.36. The van der Waals surface area contributed by atoms with Crippen LogP contribution < -0.4 is 11.1 Å². The third-order valence-corrected chi connectivity index (χ3v) is 3.48. The summed E-state index contributed by atoms with van der Waals surface area (Å²) in [6, 6.07) is 0.172. The fourth-order valence-corrected chi connectivity index (χ4v) is 2.42. The highest BCUT2D eigenvalue weighted by Gasteiger charge is 2.27. The molecule has 1 heterocycles. The van der Waals surface area contributed by atoms with E-state index < -0.39 is 0 Å². The van der Waals surface area contributed by atoms with Gasteiger partial charge in [-0.25, -0.2) is 0 Å². The third kappa shape index (κ3) is 2.66. The van der Waals surface area contributed by atoms with Gasteiger partial charge in [-0.05, 0) is 32.2 Å². The molecule has 0 radical (unpaired) electrons. The van der Waals surface area contributed by atoms with Crippen LogP contribution >= 0.6 is 0 Å². The van der Waals surface area contributed by atoms with Crippen LogP contribution in [-0.2, 0) is 0 Å². The molecule has 3 N–H and O–H groups in total. The number of amides is 1. The van der Waals surface area contributed by atoms with Crippen LogP contribution in [0.25, 0.3) is 0 Å². The highest BCUT2D eigenvalue weighted by atomic mass is 16.5. The van der Waals surface area contributed by atoms with Crippen molar-refractivity contribution in [1.82, 2.24) is 10.5 Å². The Bertz CT molecular complexity index is 389. The monoisotopic (exact) mass is 237 g/mol. The molecule has 0 saturated heterocycles. The number of aryl methyl sites for hydroxylation is 1. The van der Waals surface area contributed by atoms with Gasteiger partial charge >= 0.3 is 0 Å². The molecule has 0 spiro atoms. The SMILES string of the molecule is Cc1cnoc1C(=O)NC1CCCCC1CN. The lowest BCUT2D eigenvalue weighted by Crippen LogP contribution is -2.44. The number of carbonyl (C=O) groups is 1.